The Bertz CT molecular complexity index is 167. The van der Waals surface area contributed by atoms with Crippen molar-refractivity contribution in [1.82, 2.24) is 10.4 Å². The highest BCUT2D eigenvalue weighted by Crippen LogP contribution is 2.04. The zero-order valence-electron chi connectivity index (χ0n) is 11.3. The van der Waals surface area contributed by atoms with Gasteiger partial charge in [0.15, 0.2) is 6.29 Å². The van der Waals surface area contributed by atoms with Crippen LogP contribution in [0.3, 0.4) is 0 Å². The predicted octanol–water partition coefficient (Wildman–Crippen LogP) is 1.54. The lowest BCUT2D eigenvalue weighted by Gasteiger charge is -2.24. The van der Waals surface area contributed by atoms with Gasteiger partial charge < -0.3 is 9.47 Å². The van der Waals surface area contributed by atoms with Gasteiger partial charge in [0, 0.05) is 26.3 Å². The standard InChI is InChI=1S/C6H12N2O.C6H14O2/c9-6-7-8-4-2-1-3-5-8;1-4-7-6(3)8-5-2/h6H,1-5H2,(H,7,9);6H,4-5H2,1-3H3. The first-order chi connectivity index (χ1) is 8.24. The monoisotopic (exact) mass is 246 g/mol. The second-order valence-corrected chi connectivity index (χ2v) is 3.77. The summed E-state index contributed by atoms with van der Waals surface area (Å²) in [6, 6.07) is 0. The maximum absolute atomic E-state index is 9.92. The first-order valence-corrected chi connectivity index (χ1v) is 6.42. The number of nitrogens with one attached hydrogen (secondary N) is 1. The Morgan fingerprint density at radius 1 is 1.18 bits per heavy atom. The van der Waals surface area contributed by atoms with Gasteiger partial charge in [0.2, 0.25) is 6.41 Å². The molecule has 5 heteroatoms. The van der Waals surface area contributed by atoms with Crippen LogP contribution in [-0.2, 0) is 14.3 Å². The fourth-order valence-corrected chi connectivity index (χ4v) is 1.62. The maximum Gasteiger partial charge on any atom is 0.221 e. The Morgan fingerprint density at radius 2 is 1.71 bits per heavy atom. The molecule has 1 heterocycles. The van der Waals surface area contributed by atoms with Crippen LogP contribution < -0.4 is 5.43 Å². The molecule has 17 heavy (non-hydrogen) atoms. The molecule has 0 bridgehead atoms. The molecule has 0 saturated carbocycles. The first kappa shape index (κ1) is 16.4. The fraction of sp³-hybridized carbons (Fsp3) is 0.917. The van der Waals surface area contributed by atoms with Crippen molar-refractivity contribution in [2.75, 3.05) is 26.3 Å². The summed E-state index contributed by atoms with van der Waals surface area (Å²) < 4.78 is 10.1. The quantitative estimate of drug-likeness (QED) is 0.570. The second-order valence-electron chi connectivity index (χ2n) is 3.77. The summed E-state index contributed by atoms with van der Waals surface area (Å²) >= 11 is 0. The second kappa shape index (κ2) is 11.8. The molecule has 1 amide bonds. The third-order valence-electron chi connectivity index (χ3n) is 2.39. The van der Waals surface area contributed by atoms with Crippen molar-refractivity contribution in [3.8, 4) is 0 Å². The molecule has 102 valence electrons. The Hall–Kier alpha value is -0.650. The van der Waals surface area contributed by atoms with E-state index in [1.54, 1.807) is 0 Å². The van der Waals surface area contributed by atoms with Gasteiger partial charge in [-0.05, 0) is 33.6 Å². The van der Waals surface area contributed by atoms with Gasteiger partial charge in [-0.1, -0.05) is 6.42 Å². The third-order valence-corrected chi connectivity index (χ3v) is 2.39. The van der Waals surface area contributed by atoms with E-state index in [2.05, 4.69) is 5.43 Å². The van der Waals surface area contributed by atoms with Crippen LogP contribution in [0.5, 0.6) is 0 Å². The van der Waals surface area contributed by atoms with E-state index in [1.165, 1.54) is 19.3 Å². The third kappa shape index (κ3) is 10.2. The summed E-state index contributed by atoms with van der Waals surface area (Å²) in [5.41, 5.74) is 2.64. The van der Waals surface area contributed by atoms with Crippen molar-refractivity contribution >= 4 is 6.41 Å². The van der Waals surface area contributed by atoms with Crippen LogP contribution in [0.4, 0.5) is 0 Å². The van der Waals surface area contributed by atoms with E-state index in [0.717, 1.165) is 32.7 Å². The molecule has 1 rings (SSSR count). The summed E-state index contributed by atoms with van der Waals surface area (Å²) in [4.78, 5) is 9.92. The molecule has 0 spiro atoms. The number of piperidine rings is 1. The van der Waals surface area contributed by atoms with E-state index < -0.39 is 0 Å². The van der Waals surface area contributed by atoms with Crippen molar-refractivity contribution < 1.29 is 14.3 Å². The number of amides is 1. The van der Waals surface area contributed by atoms with Crippen molar-refractivity contribution in [3.63, 3.8) is 0 Å². The lowest BCUT2D eigenvalue weighted by Crippen LogP contribution is -2.40. The number of hydrazine groups is 1. The summed E-state index contributed by atoms with van der Waals surface area (Å²) in [5, 5.41) is 1.95. The average Bonchev–Trinajstić information content (AvgIpc) is 2.32. The summed E-state index contributed by atoms with van der Waals surface area (Å²) in [7, 11) is 0. The van der Waals surface area contributed by atoms with Crippen molar-refractivity contribution in [2.24, 2.45) is 0 Å². The summed E-state index contributed by atoms with van der Waals surface area (Å²) in [6.07, 6.45) is 4.43. The molecule has 0 unspecified atom stereocenters. The molecule has 1 saturated heterocycles. The SMILES string of the molecule is CCOC(C)OCC.O=CNN1CCCCC1. The Morgan fingerprint density at radius 3 is 2.12 bits per heavy atom. The predicted molar refractivity (Wildman–Crippen MR) is 67.3 cm³/mol. The normalized spacial score (nSPS) is 16.2. The summed E-state index contributed by atoms with van der Waals surface area (Å²) in [5.74, 6) is 0. The van der Waals surface area contributed by atoms with Crippen LogP contribution in [0, 0.1) is 0 Å². The number of hydrogen-bond acceptors (Lipinski definition) is 4. The number of nitrogens with zero attached hydrogens (tertiary/aromatic N) is 1. The lowest BCUT2D eigenvalue weighted by molar-refractivity contribution is -0.123. The zero-order valence-corrected chi connectivity index (χ0v) is 11.3. The molecular formula is C12H26N2O3. The molecule has 0 aromatic carbocycles. The van der Waals surface area contributed by atoms with Gasteiger partial charge in [0.25, 0.3) is 0 Å². The first-order valence-electron chi connectivity index (χ1n) is 6.42. The van der Waals surface area contributed by atoms with Gasteiger partial charge in [-0.25, -0.2) is 5.01 Å². The Balaban J connectivity index is 0.000000304. The minimum atomic E-state index is -0.0370. The highest BCUT2D eigenvalue weighted by Gasteiger charge is 2.06. The van der Waals surface area contributed by atoms with Crippen LogP contribution >= 0.6 is 0 Å². The molecule has 0 aromatic heterocycles. The van der Waals surface area contributed by atoms with Crippen LogP contribution in [-0.4, -0.2) is 44.0 Å². The van der Waals surface area contributed by atoms with Gasteiger partial charge in [-0.15, -0.1) is 0 Å². The zero-order chi connectivity index (χ0) is 12.9. The van der Waals surface area contributed by atoms with Crippen molar-refractivity contribution in [2.45, 2.75) is 46.3 Å². The van der Waals surface area contributed by atoms with E-state index in [4.69, 9.17) is 9.47 Å². The van der Waals surface area contributed by atoms with Crippen molar-refractivity contribution in [3.05, 3.63) is 0 Å². The van der Waals surface area contributed by atoms with Gasteiger partial charge in [-0.2, -0.15) is 0 Å². The molecule has 0 atom stereocenters. The van der Waals surface area contributed by atoms with Gasteiger partial charge in [-0.3, -0.25) is 10.2 Å². The van der Waals surface area contributed by atoms with Gasteiger partial charge in [0.05, 0.1) is 0 Å². The Kier molecular flexibility index (Phi) is 11.4. The van der Waals surface area contributed by atoms with Crippen LogP contribution in [0.1, 0.15) is 40.0 Å². The summed E-state index contributed by atoms with van der Waals surface area (Å²) in [6.45, 7) is 9.28. The van der Waals surface area contributed by atoms with Crippen LogP contribution in [0.2, 0.25) is 0 Å². The van der Waals surface area contributed by atoms with Gasteiger partial charge >= 0.3 is 0 Å². The lowest BCUT2D eigenvalue weighted by atomic mass is 10.2. The molecular weight excluding hydrogens is 220 g/mol. The molecule has 0 radical (unpaired) electrons. The molecule has 5 nitrogen and oxygen atoms in total. The number of carbonyl (C=O) groups excluding carboxylic acids is 1. The number of ether oxygens (including phenoxy) is 2. The topological polar surface area (TPSA) is 50.8 Å². The Labute approximate surface area is 104 Å². The van der Waals surface area contributed by atoms with E-state index >= 15 is 0 Å². The minimum absolute atomic E-state index is 0.0370. The number of rotatable bonds is 6. The van der Waals surface area contributed by atoms with E-state index in [0.29, 0.717) is 0 Å². The van der Waals surface area contributed by atoms with Gasteiger partial charge in [0.1, 0.15) is 0 Å². The van der Waals surface area contributed by atoms with Crippen molar-refractivity contribution in [1.29, 1.82) is 0 Å². The maximum atomic E-state index is 9.92. The highest BCUT2D eigenvalue weighted by molar-refractivity contribution is 5.44. The molecule has 1 N–H and O–H groups in total. The van der Waals surface area contributed by atoms with E-state index in [9.17, 15) is 4.79 Å². The fourth-order valence-electron chi connectivity index (χ4n) is 1.62. The largest absolute Gasteiger partial charge is 0.353 e. The van der Waals surface area contributed by atoms with Crippen LogP contribution in [0.15, 0.2) is 0 Å². The molecule has 1 fully saturated rings. The van der Waals surface area contributed by atoms with E-state index in [1.807, 2.05) is 25.8 Å². The minimum Gasteiger partial charge on any atom is -0.353 e. The number of hydrogen-bond donors (Lipinski definition) is 1. The molecule has 0 aromatic rings. The number of carbonyl (C=O) groups is 1. The molecule has 1 aliphatic heterocycles. The molecule has 0 aliphatic carbocycles. The van der Waals surface area contributed by atoms with E-state index in [-0.39, 0.29) is 6.29 Å². The smallest absolute Gasteiger partial charge is 0.221 e. The van der Waals surface area contributed by atoms with Crippen LogP contribution in [0.25, 0.3) is 0 Å². The average molecular weight is 246 g/mol. The highest BCUT2D eigenvalue weighted by atomic mass is 16.7. The molecule has 1 aliphatic rings.